The summed E-state index contributed by atoms with van der Waals surface area (Å²) in [5, 5.41) is 5.20. The van der Waals surface area contributed by atoms with Crippen LogP contribution in [0, 0.1) is 0 Å². The Kier molecular flexibility index (Phi) is 5.75. The Bertz CT molecular complexity index is 2470. The van der Waals surface area contributed by atoms with E-state index in [2.05, 4.69) is 168 Å². The summed E-state index contributed by atoms with van der Waals surface area (Å²) in [7, 11) is 0. The Labute approximate surface area is 259 Å². The van der Waals surface area contributed by atoms with E-state index in [1.807, 2.05) is 11.3 Å². The van der Waals surface area contributed by atoms with Crippen LogP contribution in [0.2, 0.25) is 0 Å². The Hall–Kier alpha value is -5.44. The third-order valence-electron chi connectivity index (χ3n) is 8.83. The van der Waals surface area contributed by atoms with Gasteiger partial charge in [0, 0.05) is 36.6 Å². The number of aromatic nitrogens is 1. The maximum Gasteiger partial charge on any atom is 0.0541 e. The van der Waals surface area contributed by atoms with Gasteiger partial charge in [0.25, 0.3) is 0 Å². The summed E-state index contributed by atoms with van der Waals surface area (Å²) in [6.07, 6.45) is 0. The SMILES string of the molecule is c1ccc(-c2cccc3c2sc2c(-c4ccc(-c5ccc6c(c5)c5ccccc5n6-c5ccccc5)cc4)cccc23)cc1. The summed E-state index contributed by atoms with van der Waals surface area (Å²) in [5.74, 6) is 0. The first kappa shape index (κ1) is 25.1. The average molecular weight is 578 g/mol. The van der Waals surface area contributed by atoms with Crippen LogP contribution < -0.4 is 0 Å². The molecule has 0 unspecified atom stereocenters. The van der Waals surface area contributed by atoms with Crippen molar-refractivity contribution in [1.82, 2.24) is 4.57 Å². The van der Waals surface area contributed by atoms with Crippen molar-refractivity contribution < 1.29 is 0 Å². The van der Waals surface area contributed by atoms with Crippen LogP contribution in [0.1, 0.15) is 0 Å². The van der Waals surface area contributed by atoms with Gasteiger partial charge in [-0.25, -0.2) is 0 Å². The van der Waals surface area contributed by atoms with Crippen molar-refractivity contribution >= 4 is 53.3 Å². The van der Waals surface area contributed by atoms with Crippen molar-refractivity contribution in [3.63, 3.8) is 0 Å². The lowest BCUT2D eigenvalue weighted by Crippen LogP contribution is -1.92. The molecule has 2 aromatic heterocycles. The van der Waals surface area contributed by atoms with Gasteiger partial charge < -0.3 is 4.57 Å². The van der Waals surface area contributed by atoms with Gasteiger partial charge in [-0.05, 0) is 63.7 Å². The summed E-state index contributed by atoms with van der Waals surface area (Å²) in [6, 6.07) is 59.5. The fraction of sp³-hybridized carbons (Fsp3) is 0. The molecule has 0 aliphatic carbocycles. The Morgan fingerprint density at radius 3 is 1.57 bits per heavy atom. The highest BCUT2D eigenvalue weighted by atomic mass is 32.1. The molecule has 0 saturated heterocycles. The van der Waals surface area contributed by atoms with Crippen LogP contribution in [-0.4, -0.2) is 4.57 Å². The van der Waals surface area contributed by atoms with Crippen molar-refractivity contribution in [2.75, 3.05) is 0 Å². The Morgan fingerprint density at radius 1 is 0.341 bits per heavy atom. The number of para-hydroxylation sites is 2. The number of hydrogen-bond donors (Lipinski definition) is 0. The molecule has 44 heavy (non-hydrogen) atoms. The van der Waals surface area contributed by atoms with Gasteiger partial charge in [0.1, 0.15) is 0 Å². The van der Waals surface area contributed by atoms with Crippen LogP contribution in [-0.2, 0) is 0 Å². The molecule has 0 spiro atoms. The first-order valence-electron chi connectivity index (χ1n) is 15.0. The van der Waals surface area contributed by atoms with Crippen LogP contribution in [0.15, 0.2) is 164 Å². The lowest BCUT2D eigenvalue weighted by Gasteiger charge is -2.09. The van der Waals surface area contributed by atoms with E-state index in [4.69, 9.17) is 0 Å². The number of benzene rings is 7. The molecule has 1 nitrogen and oxygen atoms in total. The van der Waals surface area contributed by atoms with Gasteiger partial charge in [-0.15, -0.1) is 11.3 Å². The molecule has 0 amide bonds. The molecule has 2 heteroatoms. The molecule has 0 atom stereocenters. The van der Waals surface area contributed by atoms with E-state index in [1.165, 1.54) is 81.0 Å². The van der Waals surface area contributed by atoms with E-state index >= 15 is 0 Å². The van der Waals surface area contributed by atoms with Crippen LogP contribution >= 0.6 is 11.3 Å². The summed E-state index contributed by atoms with van der Waals surface area (Å²) in [6.45, 7) is 0. The molecular weight excluding hydrogens is 551 g/mol. The topological polar surface area (TPSA) is 4.93 Å². The van der Waals surface area contributed by atoms with Crippen molar-refractivity contribution in [3.05, 3.63) is 164 Å². The maximum atomic E-state index is 2.37. The van der Waals surface area contributed by atoms with Gasteiger partial charge in [0.05, 0.1) is 11.0 Å². The number of fused-ring (bicyclic) bond motifs is 6. The fourth-order valence-electron chi connectivity index (χ4n) is 6.74. The minimum atomic E-state index is 1.18. The molecule has 9 rings (SSSR count). The number of hydrogen-bond acceptors (Lipinski definition) is 1. The molecule has 0 saturated carbocycles. The third-order valence-corrected chi connectivity index (χ3v) is 10.1. The third kappa shape index (κ3) is 3.92. The summed E-state index contributed by atoms with van der Waals surface area (Å²) >= 11 is 1.91. The zero-order chi connectivity index (χ0) is 29.0. The summed E-state index contributed by atoms with van der Waals surface area (Å²) < 4.78 is 5.06. The molecule has 206 valence electrons. The molecule has 0 fully saturated rings. The van der Waals surface area contributed by atoms with Crippen LogP contribution in [0.3, 0.4) is 0 Å². The van der Waals surface area contributed by atoms with E-state index in [0.717, 1.165) is 0 Å². The highest BCUT2D eigenvalue weighted by Gasteiger charge is 2.15. The zero-order valence-electron chi connectivity index (χ0n) is 23.9. The second-order valence-electron chi connectivity index (χ2n) is 11.3. The molecule has 0 bridgehead atoms. The predicted octanol–water partition coefficient (Wildman–Crippen LogP) is 12.2. The number of rotatable bonds is 4. The molecule has 0 N–H and O–H groups in total. The van der Waals surface area contributed by atoms with Gasteiger partial charge in [-0.3, -0.25) is 0 Å². The summed E-state index contributed by atoms with van der Waals surface area (Å²) in [4.78, 5) is 0. The maximum absolute atomic E-state index is 2.37. The predicted molar refractivity (Wildman–Crippen MR) is 190 cm³/mol. The Morgan fingerprint density at radius 2 is 0.864 bits per heavy atom. The molecule has 2 heterocycles. The highest BCUT2D eigenvalue weighted by molar-refractivity contribution is 7.26. The molecular formula is C42H27NS. The molecule has 9 aromatic rings. The number of thiophene rings is 1. The second-order valence-corrected chi connectivity index (χ2v) is 12.4. The fourth-order valence-corrected chi connectivity index (χ4v) is 8.11. The standard InChI is InChI=1S/C42H27NS/c1-3-11-29(12-4-1)33-16-9-18-36-37-19-10-17-34(42(37)44-41(33)36)30-23-21-28(22-24-30)31-25-26-40-38(27-31)35-15-7-8-20-39(35)43(40)32-13-5-2-6-14-32/h1-27H. The first-order chi connectivity index (χ1) is 21.8. The number of nitrogens with zero attached hydrogens (tertiary/aromatic N) is 1. The smallest absolute Gasteiger partial charge is 0.0541 e. The normalized spacial score (nSPS) is 11.6. The van der Waals surface area contributed by atoms with Crippen LogP contribution in [0.25, 0.3) is 81.0 Å². The van der Waals surface area contributed by atoms with E-state index in [1.54, 1.807) is 0 Å². The van der Waals surface area contributed by atoms with E-state index < -0.39 is 0 Å². The van der Waals surface area contributed by atoms with Gasteiger partial charge in [-0.1, -0.05) is 133 Å². The van der Waals surface area contributed by atoms with Crippen molar-refractivity contribution in [2.45, 2.75) is 0 Å². The van der Waals surface area contributed by atoms with E-state index in [-0.39, 0.29) is 0 Å². The van der Waals surface area contributed by atoms with E-state index in [0.29, 0.717) is 0 Å². The van der Waals surface area contributed by atoms with Gasteiger partial charge >= 0.3 is 0 Å². The van der Waals surface area contributed by atoms with Gasteiger partial charge in [-0.2, -0.15) is 0 Å². The molecule has 7 aromatic carbocycles. The van der Waals surface area contributed by atoms with Crippen molar-refractivity contribution in [3.8, 4) is 39.1 Å². The van der Waals surface area contributed by atoms with Crippen LogP contribution in [0.4, 0.5) is 0 Å². The molecule has 0 radical (unpaired) electrons. The lowest BCUT2D eigenvalue weighted by molar-refractivity contribution is 1.18. The van der Waals surface area contributed by atoms with Gasteiger partial charge in [0.15, 0.2) is 0 Å². The monoisotopic (exact) mass is 577 g/mol. The minimum absolute atomic E-state index is 1.18. The largest absolute Gasteiger partial charge is 0.309 e. The summed E-state index contributed by atoms with van der Waals surface area (Å²) in [5.41, 5.74) is 11.2. The van der Waals surface area contributed by atoms with Crippen molar-refractivity contribution in [2.24, 2.45) is 0 Å². The zero-order valence-corrected chi connectivity index (χ0v) is 24.8. The second kappa shape index (κ2) is 10.1. The van der Waals surface area contributed by atoms with Crippen LogP contribution in [0.5, 0.6) is 0 Å². The van der Waals surface area contributed by atoms with Crippen molar-refractivity contribution in [1.29, 1.82) is 0 Å². The quantitative estimate of drug-likeness (QED) is 0.196. The molecule has 0 aliphatic heterocycles. The van der Waals surface area contributed by atoms with Gasteiger partial charge in [0.2, 0.25) is 0 Å². The highest BCUT2D eigenvalue weighted by Crippen LogP contribution is 2.44. The van der Waals surface area contributed by atoms with E-state index in [9.17, 15) is 0 Å². The molecule has 0 aliphatic rings. The average Bonchev–Trinajstić information content (AvgIpc) is 3.65. The minimum Gasteiger partial charge on any atom is -0.309 e. The Balaban J connectivity index is 1.14. The lowest BCUT2D eigenvalue weighted by atomic mass is 9.97. The first-order valence-corrected chi connectivity index (χ1v) is 15.8.